The molecule has 0 radical (unpaired) electrons. The number of rotatable bonds is 2. The molecule has 0 saturated heterocycles. The van der Waals surface area contributed by atoms with Gasteiger partial charge in [-0.15, -0.1) is 11.6 Å². The summed E-state index contributed by atoms with van der Waals surface area (Å²) in [6.45, 7) is 1.95. The molecular formula is C13H16ClNO. The van der Waals surface area contributed by atoms with Crippen LogP contribution in [0.3, 0.4) is 0 Å². The van der Waals surface area contributed by atoms with Crippen LogP contribution in [0, 0.1) is 6.92 Å². The first kappa shape index (κ1) is 11.5. The summed E-state index contributed by atoms with van der Waals surface area (Å²) >= 11 is 6.13. The minimum absolute atomic E-state index is 0.00403. The van der Waals surface area contributed by atoms with Crippen LogP contribution < -0.4 is 5.32 Å². The van der Waals surface area contributed by atoms with Crippen LogP contribution >= 0.6 is 11.6 Å². The van der Waals surface area contributed by atoms with E-state index in [1.807, 2.05) is 31.2 Å². The maximum absolute atomic E-state index is 12.0. The topological polar surface area (TPSA) is 29.1 Å². The van der Waals surface area contributed by atoms with Gasteiger partial charge in [0, 0.05) is 11.6 Å². The molecule has 2 rings (SSSR count). The molecule has 3 heteroatoms. The van der Waals surface area contributed by atoms with E-state index in [9.17, 15) is 4.79 Å². The van der Waals surface area contributed by atoms with Crippen LogP contribution in [0.2, 0.25) is 0 Å². The largest absolute Gasteiger partial charge is 0.348 e. The Labute approximate surface area is 101 Å². The molecule has 2 nitrogen and oxygen atoms in total. The highest BCUT2D eigenvalue weighted by Gasteiger charge is 2.27. The molecule has 16 heavy (non-hydrogen) atoms. The molecule has 1 fully saturated rings. The van der Waals surface area contributed by atoms with Crippen LogP contribution in [0.5, 0.6) is 0 Å². The molecule has 0 bridgehead atoms. The molecule has 1 amide bonds. The summed E-state index contributed by atoms with van der Waals surface area (Å²) in [7, 11) is 0. The predicted molar refractivity (Wildman–Crippen MR) is 65.9 cm³/mol. The Kier molecular flexibility index (Phi) is 3.49. The Morgan fingerprint density at radius 3 is 2.75 bits per heavy atom. The molecule has 0 heterocycles. The fourth-order valence-electron chi connectivity index (χ4n) is 2.15. The van der Waals surface area contributed by atoms with Crippen molar-refractivity contribution in [3.8, 4) is 0 Å². The average molecular weight is 238 g/mol. The number of amides is 1. The van der Waals surface area contributed by atoms with E-state index in [1.165, 1.54) is 0 Å². The predicted octanol–water partition coefficient (Wildman–Crippen LogP) is 2.88. The first-order valence-corrected chi connectivity index (χ1v) is 6.12. The summed E-state index contributed by atoms with van der Waals surface area (Å²) in [6, 6.07) is 7.75. The number of carbonyl (C=O) groups is 1. The van der Waals surface area contributed by atoms with Gasteiger partial charge in [0.05, 0.1) is 5.38 Å². The van der Waals surface area contributed by atoms with Crippen molar-refractivity contribution in [2.24, 2.45) is 0 Å². The number of nitrogens with one attached hydrogen (secondary N) is 1. The summed E-state index contributed by atoms with van der Waals surface area (Å²) in [5.74, 6) is -0.00403. The maximum atomic E-state index is 12.0. The third-order valence-corrected chi connectivity index (χ3v) is 3.66. The fourth-order valence-corrected chi connectivity index (χ4v) is 2.49. The van der Waals surface area contributed by atoms with Crippen molar-refractivity contribution in [3.63, 3.8) is 0 Å². The van der Waals surface area contributed by atoms with Crippen LogP contribution in [-0.4, -0.2) is 17.3 Å². The second-order valence-corrected chi connectivity index (χ2v) is 4.90. The van der Waals surface area contributed by atoms with Crippen molar-refractivity contribution in [2.45, 2.75) is 37.6 Å². The Hall–Kier alpha value is -1.02. The minimum Gasteiger partial charge on any atom is -0.348 e. The van der Waals surface area contributed by atoms with Gasteiger partial charge in [-0.1, -0.05) is 18.2 Å². The van der Waals surface area contributed by atoms with Gasteiger partial charge in [0.15, 0.2) is 0 Å². The van der Waals surface area contributed by atoms with E-state index in [2.05, 4.69) is 5.32 Å². The molecule has 1 aliphatic carbocycles. The molecule has 2 atom stereocenters. The zero-order chi connectivity index (χ0) is 11.5. The Bertz CT molecular complexity index is 391. The van der Waals surface area contributed by atoms with Gasteiger partial charge in [0.2, 0.25) is 0 Å². The summed E-state index contributed by atoms with van der Waals surface area (Å²) in [6.07, 6.45) is 3.10. The van der Waals surface area contributed by atoms with Crippen molar-refractivity contribution in [3.05, 3.63) is 35.4 Å². The fraction of sp³-hybridized carbons (Fsp3) is 0.462. The first-order chi connectivity index (χ1) is 7.68. The second-order valence-electron chi connectivity index (χ2n) is 4.34. The van der Waals surface area contributed by atoms with Crippen molar-refractivity contribution in [2.75, 3.05) is 0 Å². The third kappa shape index (κ3) is 2.38. The van der Waals surface area contributed by atoms with Crippen molar-refractivity contribution in [1.29, 1.82) is 0 Å². The molecule has 0 aromatic heterocycles. The monoisotopic (exact) mass is 237 g/mol. The number of halogens is 1. The molecule has 2 unspecified atom stereocenters. The van der Waals surface area contributed by atoms with Gasteiger partial charge in [-0.05, 0) is 37.8 Å². The van der Waals surface area contributed by atoms with Gasteiger partial charge >= 0.3 is 0 Å². The highest BCUT2D eigenvalue weighted by Crippen LogP contribution is 2.24. The zero-order valence-electron chi connectivity index (χ0n) is 9.37. The maximum Gasteiger partial charge on any atom is 0.251 e. The minimum atomic E-state index is -0.00403. The van der Waals surface area contributed by atoms with Crippen LogP contribution in [0.25, 0.3) is 0 Å². The Morgan fingerprint density at radius 1 is 1.38 bits per heavy atom. The van der Waals surface area contributed by atoms with Gasteiger partial charge in [0.1, 0.15) is 0 Å². The second kappa shape index (κ2) is 4.88. The molecular weight excluding hydrogens is 222 g/mol. The number of alkyl halides is 1. The summed E-state index contributed by atoms with van der Waals surface area (Å²) in [5.41, 5.74) is 1.75. The lowest BCUT2D eigenvalue weighted by Crippen LogP contribution is -2.38. The van der Waals surface area contributed by atoms with Crippen LogP contribution in [0.4, 0.5) is 0 Å². The molecule has 0 spiro atoms. The lowest BCUT2D eigenvalue weighted by atomic mass is 10.1. The lowest BCUT2D eigenvalue weighted by Gasteiger charge is -2.16. The quantitative estimate of drug-likeness (QED) is 0.788. The van der Waals surface area contributed by atoms with E-state index < -0.39 is 0 Å². The Balaban J connectivity index is 2.06. The normalized spacial score (nSPS) is 24.4. The van der Waals surface area contributed by atoms with Gasteiger partial charge in [-0.2, -0.15) is 0 Å². The summed E-state index contributed by atoms with van der Waals surface area (Å²) in [4.78, 5) is 12.0. The van der Waals surface area contributed by atoms with Gasteiger partial charge in [-0.25, -0.2) is 0 Å². The standard InChI is InChI=1S/C13H16ClNO/c1-9-5-2-3-6-10(9)13(16)15-12-8-4-7-11(12)14/h2-3,5-6,11-12H,4,7-8H2,1H3,(H,15,16). The van der Waals surface area contributed by atoms with Gasteiger partial charge < -0.3 is 5.32 Å². The molecule has 86 valence electrons. The number of aryl methyl sites for hydroxylation is 1. The Morgan fingerprint density at radius 2 is 2.12 bits per heavy atom. The van der Waals surface area contributed by atoms with Gasteiger partial charge in [-0.3, -0.25) is 4.79 Å². The van der Waals surface area contributed by atoms with Crippen LogP contribution in [0.15, 0.2) is 24.3 Å². The van der Waals surface area contributed by atoms with E-state index >= 15 is 0 Å². The van der Waals surface area contributed by atoms with E-state index in [1.54, 1.807) is 0 Å². The highest BCUT2D eigenvalue weighted by atomic mass is 35.5. The van der Waals surface area contributed by atoms with Crippen molar-refractivity contribution in [1.82, 2.24) is 5.32 Å². The molecule has 1 aliphatic rings. The van der Waals surface area contributed by atoms with E-state index in [4.69, 9.17) is 11.6 Å². The third-order valence-electron chi connectivity index (χ3n) is 3.14. The smallest absolute Gasteiger partial charge is 0.251 e. The number of benzene rings is 1. The van der Waals surface area contributed by atoms with Crippen LogP contribution in [-0.2, 0) is 0 Å². The van der Waals surface area contributed by atoms with Crippen molar-refractivity contribution >= 4 is 17.5 Å². The molecule has 1 aromatic rings. The lowest BCUT2D eigenvalue weighted by molar-refractivity contribution is 0.0937. The number of carbonyl (C=O) groups excluding carboxylic acids is 1. The summed E-state index contributed by atoms with van der Waals surface area (Å²) < 4.78 is 0. The molecule has 1 N–H and O–H groups in total. The van der Waals surface area contributed by atoms with E-state index in [-0.39, 0.29) is 17.3 Å². The number of hydrogen-bond donors (Lipinski definition) is 1. The molecule has 1 aromatic carbocycles. The zero-order valence-corrected chi connectivity index (χ0v) is 10.1. The number of hydrogen-bond acceptors (Lipinski definition) is 1. The SMILES string of the molecule is Cc1ccccc1C(=O)NC1CCCC1Cl. The molecule has 1 saturated carbocycles. The van der Waals surface area contributed by atoms with Gasteiger partial charge in [0.25, 0.3) is 5.91 Å². The highest BCUT2D eigenvalue weighted by molar-refractivity contribution is 6.21. The van der Waals surface area contributed by atoms with Crippen molar-refractivity contribution < 1.29 is 4.79 Å². The molecule has 0 aliphatic heterocycles. The van der Waals surface area contributed by atoms with Crippen LogP contribution in [0.1, 0.15) is 35.2 Å². The van der Waals surface area contributed by atoms with E-state index in [0.29, 0.717) is 0 Å². The van der Waals surface area contributed by atoms with E-state index in [0.717, 1.165) is 30.4 Å². The average Bonchev–Trinajstić information content (AvgIpc) is 2.65. The first-order valence-electron chi connectivity index (χ1n) is 5.69. The summed E-state index contributed by atoms with van der Waals surface area (Å²) in [5, 5.41) is 3.11.